The van der Waals surface area contributed by atoms with Gasteiger partial charge in [-0.15, -0.1) is 0 Å². The van der Waals surface area contributed by atoms with Crippen LogP contribution in [-0.2, 0) is 9.47 Å². The topological polar surface area (TPSA) is 104 Å². The summed E-state index contributed by atoms with van der Waals surface area (Å²) in [5.41, 5.74) is 7.70. The van der Waals surface area contributed by atoms with E-state index in [-0.39, 0.29) is 18.2 Å². The number of nitrogens with two attached hydrogens (primary N) is 1. The lowest BCUT2D eigenvalue weighted by Crippen LogP contribution is -2.38. The molecule has 160 valence electrons. The Morgan fingerprint density at radius 3 is 2.55 bits per heavy atom. The number of alkyl carbamates (subject to hydrolysis) is 1. The third kappa shape index (κ3) is 6.14. The van der Waals surface area contributed by atoms with Crippen LogP contribution in [0.2, 0.25) is 0 Å². The zero-order valence-electron chi connectivity index (χ0n) is 18.2. The zero-order chi connectivity index (χ0) is 21.4. The van der Waals surface area contributed by atoms with Crippen molar-refractivity contribution in [3.05, 3.63) is 29.7 Å². The first-order valence-corrected chi connectivity index (χ1v) is 10.2. The molecule has 0 saturated heterocycles. The van der Waals surface area contributed by atoms with Gasteiger partial charge in [0.05, 0.1) is 36.3 Å². The molecule has 3 rings (SSSR count). The Kier molecular flexibility index (Phi) is 5.87. The van der Waals surface area contributed by atoms with Gasteiger partial charge in [0.2, 0.25) is 0 Å². The molecule has 0 aliphatic heterocycles. The van der Waals surface area contributed by atoms with E-state index < -0.39 is 17.7 Å². The van der Waals surface area contributed by atoms with Crippen LogP contribution < -0.4 is 11.1 Å². The van der Waals surface area contributed by atoms with Gasteiger partial charge >= 0.3 is 6.09 Å². The number of hydrogen-bond donors (Lipinski definition) is 2. The van der Waals surface area contributed by atoms with E-state index >= 15 is 0 Å². The number of ether oxygens (including phenoxy) is 2. The van der Waals surface area contributed by atoms with Crippen LogP contribution in [0.4, 0.5) is 4.79 Å². The Morgan fingerprint density at radius 1 is 1.28 bits per heavy atom. The van der Waals surface area contributed by atoms with Crippen molar-refractivity contribution in [1.29, 1.82) is 0 Å². The number of carbonyl (C=O) groups excluding carboxylic acids is 1. The molecule has 0 bridgehead atoms. The Bertz CT molecular complexity index is 861. The maximum atomic E-state index is 12.4. The maximum absolute atomic E-state index is 12.4. The molecule has 0 aromatic carbocycles. The number of nitrogens with one attached hydrogen (secondary N) is 1. The van der Waals surface area contributed by atoms with Crippen molar-refractivity contribution in [3.8, 4) is 0 Å². The smallest absolute Gasteiger partial charge is 0.408 e. The average molecular weight is 404 g/mol. The average Bonchev–Trinajstić information content (AvgIpc) is 3.34. The van der Waals surface area contributed by atoms with Crippen LogP contribution in [0.25, 0.3) is 5.65 Å². The highest BCUT2D eigenvalue weighted by Gasteiger charge is 2.30. The fourth-order valence-electron chi connectivity index (χ4n) is 2.97. The molecule has 0 unspecified atom stereocenters. The quantitative estimate of drug-likeness (QED) is 0.765. The third-order valence-corrected chi connectivity index (χ3v) is 4.61. The van der Waals surface area contributed by atoms with Gasteiger partial charge in [0.25, 0.3) is 0 Å². The van der Waals surface area contributed by atoms with Gasteiger partial charge in [-0.2, -0.15) is 5.10 Å². The number of amides is 1. The summed E-state index contributed by atoms with van der Waals surface area (Å²) in [5, 5.41) is 7.33. The number of imidazole rings is 1. The van der Waals surface area contributed by atoms with Crippen molar-refractivity contribution >= 4 is 11.7 Å². The summed E-state index contributed by atoms with van der Waals surface area (Å²) in [4.78, 5) is 17.0. The zero-order valence-corrected chi connectivity index (χ0v) is 18.2. The molecule has 29 heavy (non-hydrogen) atoms. The lowest BCUT2D eigenvalue weighted by molar-refractivity contribution is -0.0179. The predicted molar refractivity (Wildman–Crippen MR) is 110 cm³/mol. The Morgan fingerprint density at radius 2 is 1.97 bits per heavy atom. The molecule has 2 heterocycles. The number of aromatic nitrogens is 3. The standard InChI is InChI=1S/C21H33N5O3/c1-20(2,3)28-12-16(25-19(27)29-21(4,5)6)15-11-26-17(24-15)9-14(10-23-26)18(22)13-7-8-13/h9-11,13,16,18H,7-8,12,22H2,1-6H3,(H,25,27)/t16-,18+/m0/s1. The molecular weight excluding hydrogens is 370 g/mol. The first kappa shape index (κ1) is 21.5. The molecule has 1 fully saturated rings. The third-order valence-electron chi connectivity index (χ3n) is 4.61. The summed E-state index contributed by atoms with van der Waals surface area (Å²) in [6.45, 7) is 11.6. The minimum atomic E-state index is -0.589. The summed E-state index contributed by atoms with van der Waals surface area (Å²) < 4.78 is 13.0. The number of nitrogens with zero attached hydrogens (tertiary/aromatic N) is 3. The Hall–Kier alpha value is -2.19. The minimum absolute atomic E-state index is 0.00689. The van der Waals surface area contributed by atoms with Gasteiger partial charge in [-0.1, -0.05) is 0 Å². The van der Waals surface area contributed by atoms with Gasteiger partial charge in [-0.3, -0.25) is 0 Å². The van der Waals surface area contributed by atoms with E-state index in [1.165, 1.54) is 0 Å². The Balaban J connectivity index is 1.82. The van der Waals surface area contributed by atoms with Crippen molar-refractivity contribution < 1.29 is 14.3 Å². The van der Waals surface area contributed by atoms with E-state index in [0.717, 1.165) is 18.4 Å². The van der Waals surface area contributed by atoms with Crippen LogP contribution in [0, 0.1) is 5.92 Å². The van der Waals surface area contributed by atoms with E-state index in [1.807, 2.05) is 47.6 Å². The van der Waals surface area contributed by atoms with Crippen molar-refractivity contribution in [3.63, 3.8) is 0 Å². The molecule has 1 aliphatic rings. The molecule has 8 nitrogen and oxygen atoms in total. The molecule has 2 aromatic heterocycles. The van der Waals surface area contributed by atoms with E-state index in [2.05, 4.69) is 15.4 Å². The second-order valence-corrected chi connectivity index (χ2v) is 9.74. The fourth-order valence-corrected chi connectivity index (χ4v) is 2.97. The van der Waals surface area contributed by atoms with Gasteiger partial charge in [-0.05, 0) is 71.9 Å². The molecule has 1 saturated carbocycles. The van der Waals surface area contributed by atoms with Crippen LogP contribution in [0.1, 0.15) is 77.7 Å². The van der Waals surface area contributed by atoms with Gasteiger partial charge in [0, 0.05) is 6.04 Å². The van der Waals surface area contributed by atoms with Gasteiger partial charge in [-0.25, -0.2) is 14.3 Å². The number of rotatable bonds is 6. The van der Waals surface area contributed by atoms with E-state index in [9.17, 15) is 4.79 Å². The second kappa shape index (κ2) is 7.91. The fraction of sp³-hybridized carbons (Fsp3) is 0.667. The van der Waals surface area contributed by atoms with Gasteiger partial charge in [0.15, 0.2) is 5.65 Å². The summed E-state index contributed by atoms with van der Waals surface area (Å²) >= 11 is 0. The summed E-state index contributed by atoms with van der Waals surface area (Å²) in [6, 6.07) is 1.49. The molecule has 0 radical (unpaired) electrons. The van der Waals surface area contributed by atoms with E-state index in [4.69, 9.17) is 15.2 Å². The van der Waals surface area contributed by atoms with Crippen LogP contribution in [0.15, 0.2) is 18.5 Å². The van der Waals surface area contributed by atoms with Crippen LogP contribution in [-0.4, -0.2) is 38.5 Å². The molecular formula is C21H33N5O3. The van der Waals surface area contributed by atoms with Gasteiger partial charge in [0.1, 0.15) is 5.60 Å². The van der Waals surface area contributed by atoms with E-state index in [1.54, 1.807) is 16.9 Å². The van der Waals surface area contributed by atoms with E-state index in [0.29, 0.717) is 17.3 Å². The Labute approximate surface area is 172 Å². The molecule has 2 aromatic rings. The van der Waals surface area contributed by atoms with Crippen LogP contribution in [0.5, 0.6) is 0 Å². The van der Waals surface area contributed by atoms with Crippen LogP contribution >= 0.6 is 0 Å². The van der Waals surface area contributed by atoms with Gasteiger partial charge < -0.3 is 20.5 Å². The lowest BCUT2D eigenvalue weighted by atomic mass is 10.1. The highest BCUT2D eigenvalue weighted by molar-refractivity contribution is 5.68. The normalized spacial score (nSPS) is 17.2. The highest BCUT2D eigenvalue weighted by Crippen LogP contribution is 2.39. The summed E-state index contributed by atoms with van der Waals surface area (Å²) in [7, 11) is 0. The molecule has 1 aliphatic carbocycles. The molecule has 8 heteroatoms. The SMILES string of the molecule is CC(C)(C)OC[C@H](NC(=O)OC(C)(C)C)c1cn2ncc([C@H](N)C3CC3)cc2n1. The largest absolute Gasteiger partial charge is 0.444 e. The number of carbonyl (C=O) groups is 1. The van der Waals surface area contributed by atoms with Crippen LogP contribution in [0.3, 0.4) is 0 Å². The van der Waals surface area contributed by atoms with Crippen molar-refractivity contribution in [2.24, 2.45) is 11.7 Å². The monoisotopic (exact) mass is 403 g/mol. The number of fused-ring (bicyclic) bond motifs is 1. The summed E-state index contributed by atoms with van der Waals surface area (Å²) in [5.74, 6) is 0.537. The first-order chi connectivity index (χ1) is 13.4. The molecule has 1 amide bonds. The maximum Gasteiger partial charge on any atom is 0.408 e. The number of hydrogen-bond acceptors (Lipinski definition) is 6. The first-order valence-electron chi connectivity index (χ1n) is 10.2. The van der Waals surface area contributed by atoms with Crippen molar-refractivity contribution in [2.75, 3.05) is 6.61 Å². The highest BCUT2D eigenvalue weighted by atomic mass is 16.6. The molecule has 0 spiro atoms. The lowest BCUT2D eigenvalue weighted by Gasteiger charge is -2.26. The minimum Gasteiger partial charge on any atom is -0.444 e. The molecule has 2 atom stereocenters. The predicted octanol–water partition coefficient (Wildman–Crippen LogP) is 3.52. The van der Waals surface area contributed by atoms with Crippen molar-refractivity contribution in [2.45, 2.75) is 77.7 Å². The second-order valence-electron chi connectivity index (χ2n) is 9.74. The summed E-state index contributed by atoms with van der Waals surface area (Å²) in [6.07, 6.45) is 5.41. The van der Waals surface area contributed by atoms with Crippen molar-refractivity contribution in [1.82, 2.24) is 19.9 Å². The molecule has 3 N–H and O–H groups in total.